The largest absolute Gasteiger partial charge is 0.381 e. The number of hydrogen-bond donors (Lipinski definition) is 1. The SMILES string of the molecule is Cn1c(NC2CCOCC2)nc2ncn(Cc3nc(C4C5C=C(c6ccccc6)CC54)no3)c(=O)c21. The molecule has 36 heavy (non-hydrogen) atoms. The van der Waals surface area contributed by atoms with E-state index in [-0.39, 0.29) is 18.1 Å². The van der Waals surface area contributed by atoms with Gasteiger partial charge in [-0.1, -0.05) is 41.6 Å². The molecule has 1 N–H and O–H groups in total. The van der Waals surface area contributed by atoms with Crippen molar-refractivity contribution in [3.8, 4) is 0 Å². The summed E-state index contributed by atoms with van der Waals surface area (Å²) in [6.45, 7) is 1.63. The molecule has 1 saturated carbocycles. The van der Waals surface area contributed by atoms with Crippen molar-refractivity contribution in [2.24, 2.45) is 18.9 Å². The van der Waals surface area contributed by atoms with Crippen LogP contribution in [0.1, 0.15) is 42.5 Å². The van der Waals surface area contributed by atoms with Crippen LogP contribution < -0.4 is 10.9 Å². The summed E-state index contributed by atoms with van der Waals surface area (Å²) in [5.74, 6) is 3.07. The molecule has 0 amide bonds. The van der Waals surface area contributed by atoms with Crippen LogP contribution in [0.2, 0.25) is 0 Å². The molecule has 4 aromatic rings. The van der Waals surface area contributed by atoms with E-state index < -0.39 is 0 Å². The number of aryl methyl sites for hydroxylation is 1. The highest BCUT2D eigenvalue weighted by Crippen LogP contribution is 2.62. The Morgan fingerprint density at radius 2 is 1.97 bits per heavy atom. The lowest BCUT2D eigenvalue weighted by molar-refractivity contribution is 0.0902. The number of hydrogen-bond acceptors (Lipinski definition) is 8. The quantitative estimate of drug-likeness (QED) is 0.444. The van der Waals surface area contributed by atoms with Gasteiger partial charge in [0, 0.05) is 32.2 Å². The van der Waals surface area contributed by atoms with Crippen molar-refractivity contribution < 1.29 is 9.26 Å². The van der Waals surface area contributed by atoms with E-state index in [0.29, 0.717) is 40.8 Å². The van der Waals surface area contributed by atoms with Crippen LogP contribution in [0.5, 0.6) is 0 Å². The van der Waals surface area contributed by atoms with Crippen LogP contribution >= 0.6 is 0 Å². The first-order valence-corrected chi connectivity index (χ1v) is 12.5. The minimum absolute atomic E-state index is 0.176. The van der Waals surface area contributed by atoms with E-state index in [4.69, 9.17) is 9.26 Å². The number of allylic oxidation sites excluding steroid dienone is 2. The van der Waals surface area contributed by atoms with Crippen LogP contribution in [0.15, 0.2) is 52.1 Å². The maximum absolute atomic E-state index is 13.3. The fraction of sp³-hybridized carbons (Fsp3) is 0.423. The summed E-state index contributed by atoms with van der Waals surface area (Å²) >= 11 is 0. The second-order valence-corrected chi connectivity index (χ2v) is 9.95. The van der Waals surface area contributed by atoms with Crippen molar-refractivity contribution >= 4 is 22.7 Å². The molecule has 0 radical (unpaired) electrons. The van der Waals surface area contributed by atoms with Crippen LogP contribution in [0.4, 0.5) is 5.95 Å². The van der Waals surface area contributed by atoms with E-state index in [1.54, 1.807) is 4.57 Å². The second kappa shape index (κ2) is 8.41. The number of imidazole rings is 1. The van der Waals surface area contributed by atoms with E-state index in [1.165, 1.54) is 22.0 Å². The molecular weight excluding hydrogens is 458 g/mol. The van der Waals surface area contributed by atoms with Crippen LogP contribution in [0, 0.1) is 11.8 Å². The first kappa shape index (κ1) is 21.5. The Hall–Kier alpha value is -3.79. The fourth-order valence-corrected chi connectivity index (χ4v) is 5.68. The topological polar surface area (TPSA) is 113 Å². The Labute approximate surface area is 207 Å². The molecule has 0 bridgehead atoms. The number of anilines is 1. The van der Waals surface area contributed by atoms with Crippen molar-refractivity contribution in [3.63, 3.8) is 0 Å². The lowest BCUT2D eigenvalue weighted by Gasteiger charge is -2.23. The number of fused-ring (bicyclic) bond motifs is 2. The number of rotatable bonds is 6. The zero-order chi connectivity index (χ0) is 24.2. The molecule has 3 aromatic heterocycles. The van der Waals surface area contributed by atoms with Crippen LogP contribution in [-0.4, -0.2) is 48.5 Å². The molecule has 4 heterocycles. The third kappa shape index (κ3) is 3.63. The number of benzene rings is 1. The fourth-order valence-electron chi connectivity index (χ4n) is 5.68. The number of ether oxygens (including phenoxy) is 1. The summed E-state index contributed by atoms with van der Waals surface area (Å²) in [6.07, 6.45) is 6.71. The van der Waals surface area contributed by atoms with E-state index in [2.05, 4.69) is 55.8 Å². The standard InChI is InChI=1S/C26H27N7O3/c1-32-22-24(30-26(32)28-17-7-9-35-10-8-17)27-14-33(25(22)34)13-20-29-23(31-36-20)21-18-11-16(12-19(18)21)15-5-3-2-4-6-15/h2-6,11,14,17-19,21H,7-10,12-13H2,1H3,(H,28,30). The van der Waals surface area contributed by atoms with Gasteiger partial charge in [0.05, 0.1) is 0 Å². The molecule has 3 atom stereocenters. The summed E-state index contributed by atoms with van der Waals surface area (Å²) < 4.78 is 14.2. The molecule has 3 aliphatic rings. The third-order valence-corrected chi connectivity index (χ3v) is 7.72. The minimum atomic E-state index is -0.187. The van der Waals surface area contributed by atoms with Crippen molar-refractivity contribution in [3.05, 3.63) is 70.4 Å². The van der Waals surface area contributed by atoms with Gasteiger partial charge in [-0.05, 0) is 42.2 Å². The Bertz CT molecular complexity index is 1510. The predicted octanol–water partition coefficient (Wildman–Crippen LogP) is 2.97. The summed E-state index contributed by atoms with van der Waals surface area (Å²) in [5, 5.41) is 7.67. The van der Waals surface area contributed by atoms with Gasteiger partial charge in [0.2, 0.25) is 11.8 Å². The van der Waals surface area contributed by atoms with Gasteiger partial charge < -0.3 is 19.1 Å². The zero-order valence-corrected chi connectivity index (χ0v) is 20.0. The molecule has 1 aromatic carbocycles. The monoisotopic (exact) mass is 485 g/mol. The smallest absolute Gasteiger partial charge is 0.280 e. The van der Waals surface area contributed by atoms with Gasteiger partial charge in [-0.3, -0.25) is 9.36 Å². The Balaban J connectivity index is 1.08. The van der Waals surface area contributed by atoms with Gasteiger partial charge in [-0.25, -0.2) is 4.98 Å². The first-order valence-electron chi connectivity index (χ1n) is 12.5. The third-order valence-electron chi connectivity index (χ3n) is 7.72. The summed E-state index contributed by atoms with van der Waals surface area (Å²) in [4.78, 5) is 26.9. The highest BCUT2D eigenvalue weighted by Gasteiger charge is 2.55. The molecule has 1 aliphatic heterocycles. The zero-order valence-electron chi connectivity index (χ0n) is 20.0. The minimum Gasteiger partial charge on any atom is -0.381 e. The van der Waals surface area contributed by atoms with Crippen molar-refractivity contribution in [2.45, 2.75) is 37.8 Å². The Kier molecular flexibility index (Phi) is 5.02. The highest BCUT2D eigenvalue weighted by molar-refractivity contribution is 5.73. The van der Waals surface area contributed by atoms with Gasteiger partial charge in [-0.2, -0.15) is 9.97 Å². The lowest BCUT2D eigenvalue weighted by Crippen LogP contribution is -2.29. The van der Waals surface area contributed by atoms with E-state index in [1.807, 2.05) is 13.1 Å². The number of nitrogens with one attached hydrogen (secondary N) is 1. The maximum atomic E-state index is 13.3. The van der Waals surface area contributed by atoms with Crippen molar-refractivity contribution in [1.82, 2.24) is 29.2 Å². The molecular formula is C26H27N7O3. The molecule has 2 aliphatic carbocycles. The Morgan fingerprint density at radius 1 is 1.14 bits per heavy atom. The second-order valence-electron chi connectivity index (χ2n) is 9.95. The average Bonchev–Trinajstić information content (AvgIpc) is 3.27. The average molecular weight is 486 g/mol. The predicted molar refractivity (Wildman–Crippen MR) is 132 cm³/mol. The maximum Gasteiger partial charge on any atom is 0.280 e. The first-order chi connectivity index (χ1) is 17.7. The molecule has 0 spiro atoms. The van der Waals surface area contributed by atoms with Gasteiger partial charge in [0.1, 0.15) is 12.9 Å². The number of nitrogens with zero attached hydrogens (tertiary/aromatic N) is 6. The van der Waals surface area contributed by atoms with Gasteiger partial charge in [0.15, 0.2) is 17.0 Å². The molecule has 3 unspecified atom stereocenters. The molecule has 10 nitrogen and oxygen atoms in total. The molecule has 10 heteroatoms. The van der Waals surface area contributed by atoms with Crippen molar-refractivity contribution in [1.29, 1.82) is 0 Å². The molecule has 184 valence electrons. The van der Waals surface area contributed by atoms with Gasteiger partial charge in [0.25, 0.3) is 5.56 Å². The molecule has 2 fully saturated rings. The van der Waals surface area contributed by atoms with Gasteiger partial charge in [-0.15, -0.1) is 0 Å². The Morgan fingerprint density at radius 3 is 2.75 bits per heavy atom. The van der Waals surface area contributed by atoms with Crippen LogP contribution in [-0.2, 0) is 18.3 Å². The van der Waals surface area contributed by atoms with Gasteiger partial charge >= 0.3 is 0 Å². The van der Waals surface area contributed by atoms with E-state index in [9.17, 15) is 4.79 Å². The van der Waals surface area contributed by atoms with Crippen molar-refractivity contribution in [2.75, 3.05) is 18.5 Å². The van der Waals surface area contributed by atoms with E-state index >= 15 is 0 Å². The summed E-state index contributed by atoms with van der Waals surface area (Å²) in [5.41, 5.74) is 3.38. The highest BCUT2D eigenvalue weighted by atomic mass is 16.5. The van der Waals surface area contributed by atoms with Crippen LogP contribution in [0.25, 0.3) is 16.7 Å². The lowest BCUT2D eigenvalue weighted by atomic mass is 10.0. The van der Waals surface area contributed by atoms with E-state index in [0.717, 1.165) is 38.3 Å². The molecule has 1 saturated heterocycles. The van der Waals surface area contributed by atoms with Crippen LogP contribution in [0.3, 0.4) is 0 Å². The number of aromatic nitrogens is 6. The molecule has 7 rings (SSSR count). The normalized spacial score (nSPS) is 23.6. The summed E-state index contributed by atoms with van der Waals surface area (Å²) in [7, 11) is 1.83. The summed E-state index contributed by atoms with van der Waals surface area (Å²) in [6, 6.07) is 10.8.